The average molecular weight is 431 g/mol. The molecule has 0 bridgehead atoms. The maximum atomic E-state index is 11.9. The summed E-state index contributed by atoms with van der Waals surface area (Å²) in [5, 5.41) is 14.0. The summed E-state index contributed by atoms with van der Waals surface area (Å²) in [7, 11) is 0. The van der Waals surface area contributed by atoms with Gasteiger partial charge in [-0.05, 0) is 30.5 Å². The normalized spacial score (nSPS) is 10.9. The predicted octanol–water partition coefficient (Wildman–Crippen LogP) is 2.93. The molecule has 1 aromatic carbocycles. The van der Waals surface area contributed by atoms with Gasteiger partial charge in [0, 0.05) is 17.1 Å². The van der Waals surface area contributed by atoms with Gasteiger partial charge in [0.1, 0.15) is 0 Å². The number of carbonyl (C=O) groups is 2. The smallest absolute Gasteiger partial charge is 0.321 e. The van der Waals surface area contributed by atoms with Crippen molar-refractivity contribution in [3.05, 3.63) is 28.2 Å². The molecule has 0 saturated heterocycles. The molecule has 3 amide bonds. The molecule has 146 valence electrons. The van der Waals surface area contributed by atoms with E-state index >= 15 is 0 Å². The fourth-order valence-corrected chi connectivity index (χ4v) is 3.19. The Bertz CT molecular complexity index is 827. The molecule has 1 heterocycles. The van der Waals surface area contributed by atoms with E-state index in [0.29, 0.717) is 39.1 Å². The number of hydrogen-bond acceptors (Lipinski definition) is 6. The van der Waals surface area contributed by atoms with E-state index in [1.54, 1.807) is 18.2 Å². The van der Waals surface area contributed by atoms with Gasteiger partial charge in [0.15, 0.2) is 5.82 Å². The second kappa shape index (κ2) is 9.82. The number of amides is 3. The van der Waals surface area contributed by atoms with Crippen molar-refractivity contribution in [2.45, 2.75) is 25.4 Å². The summed E-state index contributed by atoms with van der Waals surface area (Å²) in [4.78, 5) is 23.5. The molecule has 11 heteroatoms. The number of halogens is 2. The number of imide groups is 1. The Labute approximate surface area is 171 Å². The molecule has 2 aromatic rings. The fourth-order valence-electron chi connectivity index (χ4n) is 2.04. The molecule has 0 radical (unpaired) electrons. The van der Waals surface area contributed by atoms with Gasteiger partial charge >= 0.3 is 6.03 Å². The third-order valence-corrected chi connectivity index (χ3v) is 4.92. The molecule has 0 saturated carbocycles. The highest BCUT2D eigenvalue weighted by Gasteiger charge is 2.17. The van der Waals surface area contributed by atoms with Gasteiger partial charge in [0.2, 0.25) is 11.1 Å². The lowest BCUT2D eigenvalue weighted by Crippen LogP contribution is -2.40. The second-order valence-electron chi connectivity index (χ2n) is 6.08. The van der Waals surface area contributed by atoms with E-state index in [-0.39, 0.29) is 5.75 Å². The molecular weight excluding hydrogens is 411 g/mol. The Morgan fingerprint density at radius 1 is 1.30 bits per heavy atom. The number of nitrogens with one attached hydrogen (secondary N) is 2. The summed E-state index contributed by atoms with van der Waals surface area (Å²) in [6.07, 6.45) is 0.836. The molecule has 1 aromatic heterocycles. The SMILES string of the molecule is CC(C)CCNC(=O)NC(=O)CSc1nnc(-c2ccc(Cl)cc2Cl)n1N. The first-order valence-corrected chi connectivity index (χ1v) is 9.88. The minimum atomic E-state index is -0.524. The third-order valence-electron chi connectivity index (χ3n) is 3.43. The van der Waals surface area contributed by atoms with Crippen LogP contribution in [0.15, 0.2) is 23.4 Å². The first kappa shape index (κ1) is 21.3. The van der Waals surface area contributed by atoms with E-state index in [1.807, 2.05) is 0 Å². The maximum absolute atomic E-state index is 11.9. The topological polar surface area (TPSA) is 115 Å². The molecule has 0 spiro atoms. The highest BCUT2D eigenvalue weighted by Crippen LogP contribution is 2.30. The molecule has 0 unspecified atom stereocenters. The van der Waals surface area contributed by atoms with Crippen molar-refractivity contribution in [1.29, 1.82) is 0 Å². The molecule has 0 aliphatic rings. The van der Waals surface area contributed by atoms with Crippen LogP contribution in [0.1, 0.15) is 20.3 Å². The Kier molecular flexibility index (Phi) is 7.76. The zero-order valence-electron chi connectivity index (χ0n) is 14.8. The van der Waals surface area contributed by atoms with Crippen LogP contribution in [0, 0.1) is 5.92 Å². The van der Waals surface area contributed by atoms with Crippen LogP contribution in [-0.2, 0) is 4.79 Å². The van der Waals surface area contributed by atoms with Crippen molar-refractivity contribution in [2.24, 2.45) is 5.92 Å². The number of aromatic nitrogens is 3. The van der Waals surface area contributed by atoms with Gasteiger partial charge in [-0.2, -0.15) is 0 Å². The number of nitrogen functional groups attached to an aromatic ring is 1. The molecule has 0 aliphatic heterocycles. The first-order valence-electron chi connectivity index (χ1n) is 8.14. The highest BCUT2D eigenvalue weighted by atomic mass is 35.5. The van der Waals surface area contributed by atoms with E-state index in [9.17, 15) is 9.59 Å². The van der Waals surface area contributed by atoms with Crippen LogP contribution in [0.3, 0.4) is 0 Å². The summed E-state index contributed by atoms with van der Waals surface area (Å²) in [5.41, 5.74) is 0.567. The summed E-state index contributed by atoms with van der Waals surface area (Å²) in [5.74, 6) is 6.30. The zero-order valence-corrected chi connectivity index (χ0v) is 17.2. The van der Waals surface area contributed by atoms with Gasteiger partial charge in [-0.15, -0.1) is 10.2 Å². The summed E-state index contributed by atoms with van der Waals surface area (Å²) < 4.78 is 1.23. The third kappa shape index (κ3) is 6.30. The van der Waals surface area contributed by atoms with Crippen molar-refractivity contribution < 1.29 is 9.59 Å². The van der Waals surface area contributed by atoms with Crippen molar-refractivity contribution in [1.82, 2.24) is 25.5 Å². The van der Waals surface area contributed by atoms with Gasteiger partial charge in [-0.3, -0.25) is 10.1 Å². The molecular formula is C16H20Cl2N6O2S. The predicted molar refractivity (Wildman–Crippen MR) is 107 cm³/mol. The van der Waals surface area contributed by atoms with Crippen molar-refractivity contribution in [3.8, 4) is 11.4 Å². The van der Waals surface area contributed by atoms with Crippen molar-refractivity contribution >= 4 is 46.9 Å². The number of rotatable bonds is 7. The van der Waals surface area contributed by atoms with E-state index < -0.39 is 11.9 Å². The summed E-state index contributed by atoms with van der Waals surface area (Å²) >= 11 is 13.1. The Balaban J connectivity index is 1.90. The quantitative estimate of drug-likeness (QED) is 0.459. The van der Waals surface area contributed by atoms with E-state index in [4.69, 9.17) is 29.0 Å². The summed E-state index contributed by atoms with van der Waals surface area (Å²) in [6, 6.07) is 4.39. The number of carbonyl (C=O) groups excluding carboxylic acids is 2. The molecule has 0 fully saturated rings. The van der Waals surface area contributed by atoms with Crippen LogP contribution in [0.25, 0.3) is 11.4 Å². The van der Waals surface area contributed by atoms with E-state index in [0.717, 1.165) is 18.2 Å². The van der Waals surface area contributed by atoms with Gasteiger partial charge in [-0.1, -0.05) is 48.8 Å². The molecule has 0 atom stereocenters. The van der Waals surface area contributed by atoms with Crippen molar-refractivity contribution in [3.63, 3.8) is 0 Å². The number of thioether (sulfide) groups is 1. The van der Waals surface area contributed by atoms with Gasteiger partial charge in [-0.25, -0.2) is 9.47 Å². The lowest BCUT2D eigenvalue weighted by Gasteiger charge is -2.08. The molecule has 2 rings (SSSR count). The molecule has 0 aliphatic carbocycles. The number of nitrogens with two attached hydrogens (primary N) is 1. The minimum absolute atomic E-state index is 0.0404. The van der Waals surface area contributed by atoms with Gasteiger partial charge in [0.25, 0.3) is 0 Å². The van der Waals surface area contributed by atoms with Gasteiger partial charge < -0.3 is 11.2 Å². The van der Waals surface area contributed by atoms with Crippen LogP contribution in [0.5, 0.6) is 0 Å². The number of benzene rings is 1. The van der Waals surface area contributed by atoms with Crippen molar-refractivity contribution in [2.75, 3.05) is 18.1 Å². The van der Waals surface area contributed by atoms with Crippen LogP contribution in [-0.4, -0.2) is 39.1 Å². The standard InChI is InChI=1S/C16H20Cl2N6O2S/c1-9(2)5-6-20-15(26)21-13(25)8-27-16-23-22-14(24(16)19)11-4-3-10(17)7-12(11)18/h3-4,7,9H,5-6,8,19H2,1-2H3,(H2,20,21,25,26). The van der Waals surface area contributed by atoms with Crippen LogP contribution >= 0.6 is 35.0 Å². The zero-order chi connectivity index (χ0) is 20.0. The minimum Gasteiger partial charge on any atom is -0.338 e. The summed E-state index contributed by atoms with van der Waals surface area (Å²) in [6.45, 7) is 4.61. The van der Waals surface area contributed by atoms with E-state index in [2.05, 4.69) is 34.7 Å². The highest BCUT2D eigenvalue weighted by molar-refractivity contribution is 7.99. The van der Waals surface area contributed by atoms with Crippen LogP contribution in [0.4, 0.5) is 4.79 Å². The monoisotopic (exact) mass is 430 g/mol. The van der Waals surface area contributed by atoms with Gasteiger partial charge in [0.05, 0.1) is 10.8 Å². The largest absolute Gasteiger partial charge is 0.338 e. The second-order valence-corrected chi connectivity index (χ2v) is 7.86. The maximum Gasteiger partial charge on any atom is 0.321 e. The molecule has 4 N–H and O–H groups in total. The number of hydrogen-bond donors (Lipinski definition) is 3. The Morgan fingerprint density at radius 2 is 2.04 bits per heavy atom. The molecule has 27 heavy (non-hydrogen) atoms. The lowest BCUT2D eigenvalue weighted by molar-refractivity contribution is -0.117. The molecule has 8 nitrogen and oxygen atoms in total. The first-order chi connectivity index (χ1) is 12.8. The van der Waals surface area contributed by atoms with Crippen LogP contribution in [0.2, 0.25) is 10.0 Å². The Hall–Kier alpha value is -1.97. The van der Waals surface area contributed by atoms with Crippen LogP contribution < -0.4 is 16.5 Å². The number of urea groups is 1. The lowest BCUT2D eigenvalue weighted by atomic mass is 10.1. The number of nitrogens with zero attached hydrogens (tertiary/aromatic N) is 3. The average Bonchev–Trinajstić information content (AvgIpc) is 2.93. The van der Waals surface area contributed by atoms with E-state index in [1.165, 1.54) is 4.68 Å². The fraction of sp³-hybridized carbons (Fsp3) is 0.375. The Morgan fingerprint density at radius 3 is 2.70 bits per heavy atom.